The van der Waals surface area contributed by atoms with E-state index in [4.69, 9.17) is 9.47 Å². The van der Waals surface area contributed by atoms with Gasteiger partial charge in [-0.3, -0.25) is 9.59 Å². The van der Waals surface area contributed by atoms with Crippen molar-refractivity contribution >= 4 is 11.6 Å². The first kappa shape index (κ1) is 15.9. The maximum Gasteiger partial charge on any atom is 0.276 e. The number of nitrogens with one attached hydrogen (secondary N) is 1. The van der Waals surface area contributed by atoms with Gasteiger partial charge in [0, 0.05) is 17.8 Å². The molecule has 7 nitrogen and oxygen atoms in total. The first-order chi connectivity index (χ1) is 12.7. The molecule has 4 rings (SSSR count). The van der Waals surface area contributed by atoms with Crippen LogP contribution >= 0.6 is 0 Å². The Morgan fingerprint density at radius 2 is 1.73 bits per heavy atom. The van der Waals surface area contributed by atoms with Crippen LogP contribution in [0, 0.1) is 0 Å². The van der Waals surface area contributed by atoms with Gasteiger partial charge in [-0.1, -0.05) is 18.2 Å². The van der Waals surface area contributed by atoms with Crippen LogP contribution in [0.5, 0.6) is 11.5 Å². The highest BCUT2D eigenvalue weighted by molar-refractivity contribution is 6.02. The van der Waals surface area contributed by atoms with Gasteiger partial charge >= 0.3 is 0 Å². The summed E-state index contributed by atoms with van der Waals surface area (Å²) in [6.45, 7) is 0.970. The van der Waals surface area contributed by atoms with Crippen LogP contribution in [0.1, 0.15) is 10.5 Å². The van der Waals surface area contributed by atoms with E-state index in [2.05, 4.69) is 10.4 Å². The molecule has 0 aliphatic carbocycles. The second-order valence-electron chi connectivity index (χ2n) is 5.62. The number of nitrogens with zero attached hydrogens (tertiary/aromatic N) is 2. The number of hydrogen-bond donors (Lipinski definition) is 1. The Hall–Kier alpha value is -3.61. The lowest BCUT2D eigenvalue weighted by atomic mass is 10.2. The van der Waals surface area contributed by atoms with Gasteiger partial charge < -0.3 is 14.8 Å². The van der Waals surface area contributed by atoms with Crippen molar-refractivity contribution in [1.82, 2.24) is 9.78 Å². The fraction of sp³-hybridized carbons (Fsp3) is 0.105. The Morgan fingerprint density at radius 3 is 2.54 bits per heavy atom. The Labute approximate surface area is 148 Å². The molecule has 0 atom stereocenters. The molecule has 130 valence electrons. The van der Waals surface area contributed by atoms with E-state index in [0.29, 0.717) is 36.1 Å². The van der Waals surface area contributed by atoms with E-state index in [-0.39, 0.29) is 11.3 Å². The third-order valence-corrected chi connectivity index (χ3v) is 3.83. The molecule has 0 saturated carbocycles. The van der Waals surface area contributed by atoms with Gasteiger partial charge in [0.05, 0.1) is 5.69 Å². The number of para-hydroxylation sites is 1. The number of aromatic nitrogens is 2. The van der Waals surface area contributed by atoms with Crippen molar-refractivity contribution in [3.63, 3.8) is 0 Å². The fourth-order valence-electron chi connectivity index (χ4n) is 2.60. The third-order valence-electron chi connectivity index (χ3n) is 3.83. The zero-order valence-corrected chi connectivity index (χ0v) is 13.7. The maximum atomic E-state index is 12.5. The highest BCUT2D eigenvalue weighted by Gasteiger charge is 2.15. The molecule has 2 heterocycles. The summed E-state index contributed by atoms with van der Waals surface area (Å²) in [6.07, 6.45) is 0. The van der Waals surface area contributed by atoms with Gasteiger partial charge in [0.15, 0.2) is 11.5 Å². The second kappa shape index (κ2) is 6.72. The molecule has 0 bridgehead atoms. The summed E-state index contributed by atoms with van der Waals surface area (Å²) in [6, 6.07) is 16.8. The topological polar surface area (TPSA) is 82.5 Å². The molecule has 0 radical (unpaired) electrons. The number of anilines is 1. The van der Waals surface area contributed by atoms with Crippen molar-refractivity contribution < 1.29 is 14.3 Å². The summed E-state index contributed by atoms with van der Waals surface area (Å²) < 4.78 is 12.2. The molecule has 1 amide bonds. The van der Waals surface area contributed by atoms with E-state index in [9.17, 15) is 9.59 Å². The molecule has 0 spiro atoms. The summed E-state index contributed by atoms with van der Waals surface area (Å²) >= 11 is 0. The first-order valence-electron chi connectivity index (χ1n) is 8.07. The number of amides is 1. The molecule has 1 aromatic heterocycles. The van der Waals surface area contributed by atoms with E-state index in [0.717, 1.165) is 0 Å². The van der Waals surface area contributed by atoms with E-state index in [1.54, 1.807) is 42.5 Å². The lowest BCUT2D eigenvalue weighted by Crippen LogP contribution is -2.24. The molecule has 1 N–H and O–H groups in total. The molecule has 0 saturated heterocycles. The number of ether oxygens (including phenoxy) is 2. The number of fused-ring (bicyclic) bond motifs is 1. The lowest BCUT2D eigenvalue weighted by molar-refractivity contribution is 0.102. The van der Waals surface area contributed by atoms with Crippen molar-refractivity contribution in [2.24, 2.45) is 0 Å². The van der Waals surface area contributed by atoms with Crippen LogP contribution in [0.2, 0.25) is 0 Å². The Kier molecular flexibility index (Phi) is 4.10. The predicted octanol–water partition coefficient (Wildman–Crippen LogP) is 2.26. The number of carbonyl (C=O) groups excluding carboxylic acids is 1. The van der Waals surface area contributed by atoms with Crippen LogP contribution in [0.25, 0.3) is 5.69 Å². The molecule has 2 aromatic carbocycles. The van der Waals surface area contributed by atoms with Crippen LogP contribution in [0.15, 0.2) is 65.5 Å². The smallest absolute Gasteiger partial charge is 0.276 e. The highest BCUT2D eigenvalue weighted by Crippen LogP contribution is 2.32. The number of rotatable bonds is 3. The van der Waals surface area contributed by atoms with Crippen LogP contribution < -0.4 is 20.3 Å². The van der Waals surface area contributed by atoms with Crippen LogP contribution in [0.3, 0.4) is 0 Å². The molecule has 1 aliphatic heterocycles. The van der Waals surface area contributed by atoms with E-state index >= 15 is 0 Å². The summed E-state index contributed by atoms with van der Waals surface area (Å²) in [7, 11) is 0. The van der Waals surface area contributed by atoms with Gasteiger partial charge in [-0.15, -0.1) is 0 Å². The monoisotopic (exact) mass is 349 g/mol. The standard InChI is InChI=1S/C19H15N3O4/c23-18-9-7-15(21-22(18)14-4-2-1-3-5-14)19(24)20-13-6-8-16-17(12-13)26-11-10-25-16/h1-9,12H,10-11H2,(H,20,24). The van der Waals surface area contributed by atoms with Crippen molar-refractivity contribution in [3.8, 4) is 17.2 Å². The van der Waals surface area contributed by atoms with E-state index < -0.39 is 5.91 Å². The summed E-state index contributed by atoms with van der Waals surface area (Å²) in [5.41, 5.74) is 0.959. The first-order valence-corrected chi connectivity index (χ1v) is 8.07. The second-order valence-corrected chi connectivity index (χ2v) is 5.62. The Balaban J connectivity index is 1.60. The minimum absolute atomic E-state index is 0.128. The predicted molar refractivity (Wildman–Crippen MR) is 95.2 cm³/mol. The molecule has 7 heteroatoms. The molecular weight excluding hydrogens is 334 g/mol. The highest BCUT2D eigenvalue weighted by atomic mass is 16.6. The SMILES string of the molecule is O=C(Nc1ccc2c(c1)OCCO2)c1ccc(=O)n(-c2ccccc2)n1. The van der Waals surface area contributed by atoms with E-state index in [1.807, 2.05) is 6.07 Å². The van der Waals surface area contributed by atoms with Crippen molar-refractivity contribution in [2.45, 2.75) is 0 Å². The van der Waals surface area contributed by atoms with Crippen molar-refractivity contribution in [2.75, 3.05) is 18.5 Å². The average molecular weight is 349 g/mol. The van der Waals surface area contributed by atoms with Gasteiger partial charge in [0.1, 0.15) is 18.9 Å². The van der Waals surface area contributed by atoms with Gasteiger partial charge in [0.2, 0.25) is 0 Å². The average Bonchev–Trinajstić information content (AvgIpc) is 2.69. The molecule has 3 aromatic rings. The Bertz CT molecular complexity index is 1010. The number of hydrogen-bond acceptors (Lipinski definition) is 5. The minimum atomic E-state index is -0.425. The summed E-state index contributed by atoms with van der Waals surface area (Å²) in [5, 5.41) is 6.92. The minimum Gasteiger partial charge on any atom is -0.486 e. The zero-order chi connectivity index (χ0) is 17.9. The van der Waals surface area contributed by atoms with Crippen molar-refractivity contribution in [3.05, 3.63) is 76.7 Å². The molecule has 26 heavy (non-hydrogen) atoms. The normalized spacial score (nSPS) is 12.5. The molecular formula is C19H15N3O4. The summed E-state index contributed by atoms with van der Waals surface area (Å²) in [5.74, 6) is 0.799. The van der Waals surface area contributed by atoms with Gasteiger partial charge in [-0.05, 0) is 30.3 Å². The summed E-state index contributed by atoms with van der Waals surface area (Å²) in [4.78, 5) is 24.6. The molecule has 0 fully saturated rings. The van der Waals surface area contributed by atoms with Crippen LogP contribution in [-0.4, -0.2) is 28.9 Å². The van der Waals surface area contributed by atoms with Crippen LogP contribution in [0.4, 0.5) is 5.69 Å². The third kappa shape index (κ3) is 3.14. The largest absolute Gasteiger partial charge is 0.486 e. The fourth-order valence-corrected chi connectivity index (χ4v) is 2.60. The van der Waals surface area contributed by atoms with Crippen LogP contribution in [-0.2, 0) is 0 Å². The van der Waals surface area contributed by atoms with Gasteiger partial charge in [0.25, 0.3) is 11.5 Å². The van der Waals surface area contributed by atoms with Gasteiger partial charge in [-0.2, -0.15) is 9.78 Å². The lowest BCUT2D eigenvalue weighted by Gasteiger charge is -2.19. The van der Waals surface area contributed by atoms with E-state index in [1.165, 1.54) is 16.8 Å². The van der Waals surface area contributed by atoms with Gasteiger partial charge in [-0.25, -0.2) is 0 Å². The number of carbonyl (C=O) groups is 1. The zero-order valence-electron chi connectivity index (χ0n) is 13.7. The number of benzene rings is 2. The molecule has 1 aliphatic rings. The maximum absolute atomic E-state index is 12.5. The van der Waals surface area contributed by atoms with Crippen molar-refractivity contribution in [1.29, 1.82) is 0 Å². The Morgan fingerprint density at radius 1 is 0.962 bits per heavy atom. The quantitative estimate of drug-likeness (QED) is 0.784. The molecule has 0 unspecified atom stereocenters.